The summed E-state index contributed by atoms with van der Waals surface area (Å²) in [5.74, 6) is -0.391. The van der Waals surface area contributed by atoms with Crippen LogP contribution in [-0.2, 0) is 24.9 Å². The van der Waals surface area contributed by atoms with Crippen molar-refractivity contribution in [3.8, 4) is 0 Å². The molecule has 14 heteroatoms. The summed E-state index contributed by atoms with van der Waals surface area (Å²) in [7, 11) is 1.30. The van der Waals surface area contributed by atoms with Crippen LogP contribution in [0.5, 0.6) is 0 Å². The minimum atomic E-state index is -0.891. The Balaban J connectivity index is 1.42. The summed E-state index contributed by atoms with van der Waals surface area (Å²) in [6.07, 6.45) is 0.315. The molecule has 0 aliphatic carbocycles. The second-order valence-corrected chi connectivity index (χ2v) is 8.79. The second-order valence-electron chi connectivity index (χ2n) is 8.36. The van der Waals surface area contributed by atoms with Crippen molar-refractivity contribution in [2.75, 3.05) is 39.4 Å². The van der Waals surface area contributed by atoms with Crippen molar-refractivity contribution in [3.05, 3.63) is 73.3 Å². The fraction of sp³-hybridized carbons (Fsp3) is 0.455. The van der Waals surface area contributed by atoms with Gasteiger partial charge < -0.3 is 15.2 Å². The van der Waals surface area contributed by atoms with Crippen LogP contribution in [0.4, 0.5) is 0 Å². The third kappa shape index (κ3) is 6.23. The lowest BCUT2D eigenvalue weighted by atomic mass is 10.1. The fourth-order valence-electron chi connectivity index (χ4n) is 3.76. The quantitative estimate of drug-likeness (QED) is 0.365. The third-order valence-corrected chi connectivity index (χ3v) is 6.06. The highest BCUT2D eigenvalue weighted by atomic mass is 35.5. The highest BCUT2D eigenvalue weighted by molar-refractivity contribution is 6.30. The Morgan fingerprint density at radius 2 is 1.94 bits per heavy atom. The molecule has 192 valence electrons. The van der Waals surface area contributed by atoms with Crippen molar-refractivity contribution in [2.24, 2.45) is 7.05 Å². The average Bonchev–Trinajstić information content (AvgIpc) is 3.31. The first-order valence-corrected chi connectivity index (χ1v) is 11.8. The molecule has 13 nitrogen and oxygen atoms in total. The van der Waals surface area contributed by atoms with E-state index in [2.05, 4.69) is 25.6 Å². The number of nitrogens with zero attached hydrogens (tertiary/aromatic N) is 7. The van der Waals surface area contributed by atoms with Gasteiger partial charge in [0.25, 0.3) is 11.5 Å². The molecule has 1 aliphatic heterocycles. The number of carbonyl (C=O) groups is 1. The Labute approximate surface area is 210 Å². The molecule has 1 atom stereocenters. The third-order valence-electron chi connectivity index (χ3n) is 5.81. The number of halogens is 1. The van der Waals surface area contributed by atoms with Crippen molar-refractivity contribution >= 4 is 17.5 Å². The van der Waals surface area contributed by atoms with Crippen LogP contribution in [0, 0.1) is 0 Å². The number of ether oxygens (including phenoxy) is 1. The zero-order valence-electron chi connectivity index (χ0n) is 19.7. The van der Waals surface area contributed by atoms with Crippen LogP contribution in [0.15, 0.2) is 40.1 Å². The van der Waals surface area contributed by atoms with Crippen LogP contribution in [0.2, 0.25) is 5.02 Å². The van der Waals surface area contributed by atoms with E-state index in [4.69, 9.17) is 16.3 Å². The predicted molar refractivity (Wildman–Crippen MR) is 129 cm³/mol. The minimum Gasteiger partial charge on any atom is -0.386 e. The van der Waals surface area contributed by atoms with E-state index >= 15 is 0 Å². The number of hydrogen-bond donors (Lipinski definition) is 2. The topological polar surface area (TPSA) is 149 Å². The number of carbonyl (C=O) groups excluding carboxylic acids is 1. The van der Waals surface area contributed by atoms with Crippen molar-refractivity contribution in [1.82, 2.24) is 39.6 Å². The second kappa shape index (κ2) is 11.6. The molecule has 2 N–H and O–H groups in total. The summed E-state index contributed by atoms with van der Waals surface area (Å²) in [5, 5.41) is 25.7. The lowest BCUT2D eigenvalue weighted by molar-refractivity contribution is 0.0383. The van der Waals surface area contributed by atoms with Crippen LogP contribution in [-0.4, -0.2) is 84.6 Å². The fourth-order valence-corrected chi connectivity index (χ4v) is 3.88. The van der Waals surface area contributed by atoms with Crippen LogP contribution in [0.3, 0.4) is 0 Å². The molecule has 0 spiro atoms. The number of benzene rings is 1. The maximum Gasteiger partial charge on any atom is 0.331 e. The van der Waals surface area contributed by atoms with Gasteiger partial charge in [-0.15, -0.1) is 10.2 Å². The molecule has 0 bridgehead atoms. The molecule has 2 aromatic heterocycles. The number of aliphatic hydroxyl groups is 1. The number of aromatic nitrogens is 6. The summed E-state index contributed by atoms with van der Waals surface area (Å²) in [4.78, 5) is 41.2. The largest absolute Gasteiger partial charge is 0.386 e. The Hall–Kier alpha value is -3.39. The zero-order valence-corrected chi connectivity index (χ0v) is 20.5. The van der Waals surface area contributed by atoms with E-state index in [9.17, 15) is 19.5 Å². The van der Waals surface area contributed by atoms with Gasteiger partial charge in [-0.05, 0) is 22.9 Å². The smallest absolute Gasteiger partial charge is 0.331 e. The molecular formula is C22H27ClN8O5. The molecule has 1 amide bonds. The summed E-state index contributed by atoms with van der Waals surface area (Å²) < 4.78 is 7.35. The average molecular weight is 519 g/mol. The molecule has 0 radical (unpaired) electrons. The van der Waals surface area contributed by atoms with E-state index in [1.54, 1.807) is 24.3 Å². The van der Waals surface area contributed by atoms with Gasteiger partial charge >= 0.3 is 5.69 Å². The van der Waals surface area contributed by atoms with E-state index in [0.29, 0.717) is 36.9 Å². The Morgan fingerprint density at radius 3 is 2.67 bits per heavy atom. The number of aliphatic hydroxyl groups excluding tert-OH is 1. The van der Waals surface area contributed by atoms with Gasteiger partial charge in [-0.3, -0.25) is 23.6 Å². The van der Waals surface area contributed by atoms with Gasteiger partial charge in [0.2, 0.25) is 0 Å². The van der Waals surface area contributed by atoms with Crippen molar-refractivity contribution < 1.29 is 14.6 Å². The minimum absolute atomic E-state index is 0.0353. The van der Waals surface area contributed by atoms with Gasteiger partial charge in [-0.25, -0.2) is 4.79 Å². The van der Waals surface area contributed by atoms with E-state index in [1.165, 1.54) is 22.6 Å². The number of hydrogen-bond acceptors (Lipinski definition) is 9. The Morgan fingerprint density at radius 1 is 1.22 bits per heavy atom. The maximum absolute atomic E-state index is 12.7. The van der Waals surface area contributed by atoms with Crippen LogP contribution >= 0.6 is 11.6 Å². The first kappa shape index (κ1) is 25.7. The zero-order chi connectivity index (χ0) is 25.7. The standard InChI is InChI=1S/C22H27ClN8O5/c1-28-21(34)17(20(33)24-6-7-29-8-10-36-11-9-29)12-30(22(28)35)14-19-25-27-31(26-19)13-18(32)15-2-4-16(23)5-3-15/h2-5,12,18,32H,6-11,13-14H2,1H3,(H,24,33)/t18-/m0/s1. The van der Waals surface area contributed by atoms with Gasteiger partial charge in [0, 0.05) is 44.4 Å². The van der Waals surface area contributed by atoms with E-state index in [1.807, 2.05) is 0 Å². The maximum atomic E-state index is 12.7. The number of amides is 1. The van der Waals surface area contributed by atoms with Crippen molar-refractivity contribution in [1.29, 1.82) is 0 Å². The van der Waals surface area contributed by atoms with E-state index in [0.717, 1.165) is 17.7 Å². The number of morpholine rings is 1. The van der Waals surface area contributed by atoms with Gasteiger partial charge in [0.15, 0.2) is 5.82 Å². The molecule has 1 fully saturated rings. The number of tetrazole rings is 1. The van der Waals surface area contributed by atoms with E-state index in [-0.39, 0.29) is 24.5 Å². The van der Waals surface area contributed by atoms with E-state index < -0.39 is 23.3 Å². The normalized spacial score (nSPS) is 15.1. The molecular weight excluding hydrogens is 492 g/mol. The molecule has 0 saturated carbocycles. The molecule has 3 aromatic rings. The SMILES string of the molecule is Cn1c(=O)c(C(=O)NCCN2CCOCC2)cn(Cc2nnn(C[C@H](O)c3ccc(Cl)cc3)n2)c1=O. The van der Waals surface area contributed by atoms with Gasteiger partial charge in [0.1, 0.15) is 11.7 Å². The predicted octanol–water partition coefficient (Wildman–Crippen LogP) is -0.969. The molecule has 4 rings (SSSR count). The first-order valence-electron chi connectivity index (χ1n) is 11.4. The van der Waals surface area contributed by atoms with Gasteiger partial charge in [-0.1, -0.05) is 23.7 Å². The van der Waals surface area contributed by atoms with Gasteiger partial charge in [-0.2, -0.15) is 4.80 Å². The Bertz CT molecular complexity index is 1310. The molecule has 3 heterocycles. The molecule has 1 aromatic carbocycles. The number of nitrogens with one attached hydrogen (secondary N) is 1. The van der Waals surface area contributed by atoms with Crippen molar-refractivity contribution in [2.45, 2.75) is 19.2 Å². The summed E-state index contributed by atoms with van der Waals surface area (Å²) in [5.41, 5.74) is -0.841. The lowest BCUT2D eigenvalue weighted by Gasteiger charge is -2.26. The van der Waals surface area contributed by atoms with Gasteiger partial charge in [0.05, 0.1) is 26.3 Å². The highest BCUT2D eigenvalue weighted by Gasteiger charge is 2.18. The summed E-state index contributed by atoms with van der Waals surface area (Å²) in [6.45, 7) is 3.78. The lowest BCUT2D eigenvalue weighted by Crippen LogP contribution is -2.45. The molecule has 0 unspecified atom stereocenters. The molecule has 36 heavy (non-hydrogen) atoms. The molecule has 1 aliphatic rings. The highest BCUT2D eigenvalue weighted by Crippen LogP contribution is 2.17. The van der Waals surface area contributed by atoms with Crippen LogP contribution in [0.25, 0.3) is 0 Å². The van der Waals surface area contributed by atoms with Crippen LogP contribution in [0.1, 0.15) is 27.8 Å². The number of rotatable bonds is 9. The Kier molecular flexibility index (Phi) is 8.25. The monoisotopic (exact) mass is 518 g/mol. The summed E-state index contributed by atoms with van der Waals surface area (Å²) >= 11 is 5.88. The van der Waals surface area contributed by atoms with Crippen LogP contribution < -0.4 is 16.6 Å². The molecule has 1 saturated heterocycles. The first-order chi connectivity index (χ1) is 17.3. The summed E-state index contributed by atoms with van der Waals surface area (Å²) in [6, 6.07) is 6.73. The van der Waals surface area contributed by atoms with Crippen molar-refractivity contribution in [3.63, 3.8) is 0 Å².